The van der Waals surface area contributed by atoms with Gasteiger partial charge >= 0.3 is 0 Å². The van der Waals surface area contributed by atoms with Gasteiger partial charge in [-0.1, -0.05) is 48.6 Å². The van der Waals surface area contributed by atoms with Crippen molar-refractivity contribution in [2.45, 2.75) is 19.6 Å². The summed E-state index contributed by atoms with van der Waals surface area (Å²) in [6.07, 6.45) is 3.76. The van der Waals surface area contributed by atoms with Crippen LogP contribution in [-0.4, -0.2) is 11.0 Å². The van der Waals surface area contributed by atoms with Crippen LogP contribution in [0.1, 0.15) is 23.1 Å². The molecular weight excluding hydrogens is 281 g/mol. The van der Waals surface area contributed by atoms with Gasteiger partial charge in [0.1, 0.15) is 5.82 Å². The molecule has 22 heavy (non-hydrogen) atoms. The van der Waals surface area contributed by atoms with Gasteiger partial charge in [0.2, 0.25) is 5.91 Å². The lowest BCUT2D eigenvalue weighted by atomic mass is 10.1. The van der Waals surface area contributed by atoms with E-state index in [9.17, 15) is 14.3 Å². The van der Waals surface area contributed by atoms with Crippen LogP contribution >= 0.6 is 0 Å². The number of aliphatic hydroxyl groups excluding tert-OH is 1. The Bertz CT molecular complexity index is 650. The minimum atomic E-state index is -0.280. The van der Waals surface area contributed by atoms with Crippen LogP contribution in [-0.2, 0) is 17.9 Å². The van der Waals surface area contributed by atoms with Gasteiger partial charge in [-0.3, -0.25) is 4.79 Å². The summed E-state index contributed by atoms with van der Waals surface area (Å²) in [5.74, 6) is -0.386. The Balaban J connectivity index is 1.82. The van der Waals surface area contributed by atoms with E-state index in [-0.39, 0.29) is 24.8 Å². The molecule has 0 aliphatic heterocycles. The highest BCUT2D eigenvalue weighted by molar-refractivity contribution is 5.78. The second kappa shape index (κ2) is 8.10. The van der Waals surface area contributed by atoms with E-state index in [1.54, 1.807) is 24.3 Å². The highest BCUT2D eigenvalue weighted by atomic mass is 19.1. The van der Waals surface area contributed by atoms with E-state index >= 15 is 0 Å². The molecule has 1 amide bonds. The number of carbonyl (C=O) groups is 1. The molecule has 0 atom stereocenters. The Labute approximate surface area is 129 Å². The fourth-order valence-electron chi connectivity index (χ4n) is 2.03. The van der Waals surface area contributed by atoms with Gasteiger partial charge in [0.15, 0.2) is 0 Å². The zero-order chi connectivity index (χ0) is 15.8. The molecule has 0 radical (unpaired) electrons. The smallest absolute Gasteiger partial charge is 0.224 e. The monoisotopic (exact) mass is 299 g/mol. The van der Waals surface area contributed by atoms with Crippen LogP contribution < -0.4 is 5.32 Å². The summed E-state index contributed by atoms with van der Waals surface area (Å²) in [6.45, 7) is 0.344. The molecule has 0 bridgehead atoms. The maximum Gasteiger partial charge on any atom is 0.224 e. The van der Waals surface area contributed by atoms with Crippen molar-refractivity contribution < 1.29 is 14.3 Å². The normalized spacial score (nSPS) is 10.8. The lowest BCUT2D eigenvalue weighted by Gasteiger charge is -2.08. The first kappa shape index (κ1) is 15.9. The number of hydrogen-bond acceptors (Lipinski definition) is 2. The predicted octanol–water partition coefficient (Wildman–Crippen LogP) is 3.04. The number of hydrogen-bond donors (Lipinski definition) is 2. The van der Waals surface area contributed by atoms with Crippen molar-refractivity contribution in [1.82, 2.24) is 5.32 Å². The van der Waals surface area contributed by atoms with Crippen molar-refractivity contribution in [1.29, 1.82) is 0 Å². The van der Waals surface area contributed by atoms with E-state index in [0.29, 0.717) is 6.54 Å². The second-order valence-electron chi connectivity index (χ2n) is 4.86. The highest BCUT2D eigenvalue weighted by Gasteiger charge is 2.02. The van der Waals surface area contributed by atoms with Crippen molar-refractivity contribution in [3.63, 3.8) is 0 Å². The standard InChI is InChI=1S/C18H18FNO2/c19-17-10-8-14(9-11-17)4-3-7-18(22)20-12-15-5-1-2-6-16(15)13-21/h1-6,8-11,21H,7,12-13H2,(H,20,22)/b4-3+. The Morgan fingerprint density at radius 1 is 1.09 bits per heavy atom. The van der Waals surface area contributed by atoms with Gasteiger partial charge in [-0.15, -0.1) is 0 Å². The first-order valence-corrected chi connectivity index (χ1v) is 7.05. The lowest BCUT2D eigenvalue weighted by molar-refractivity contribution is -0.120. The molecule has 0 unspecified atom stereocenters. The van der Waals surface area contributed by atoms with Gasteiger partial charge in [0.25, 0.3) is 0 Å². The van der Waals surface area contributed by atoms with Gasteiger partial charge in [0.05, 0.1) is 6.61 Å². The van der Waals surface area contributed by atoms with Crippen molar-refractivity contribution in [3.05, 3.63) is 77.1 Å². The SMILES string of the molecule is O=C(C/C=C/c1ccc(F)cc1)NCc1ccccc1CO. The van der Waals surface area contributed by atoms with E-state index in [1.165, 1.54) is 12.1 Å². The van der Waals surface area contributed by atoms with E-state index in [4.69, 9.17) is 0 Å². The predicted molar refractivity (Wildman–Crippen MR) is 84.3 cm³/mol. The highest BCUT2D eigenvalue weighted by Crippen LogP contribution is 2.08. The van der Waals surface area contributed by atoms with Crippen molar-refractivity contribution in [2.75, 3.05) is 0 Å². The molecule has 2 rings (SSSR count). The number of nitrogens with one attached hydrogen (secondary N) is 1. The maximum atomic E-state index is 12.8. The molecule has 0 heterocycles. The van der Waals surface area contributed by atoms with Gasteiger partial charge in [-0.2, -0.15) is 0 Å². The molecule has 0 saturated heterocycles. The molecular formula is C18H18FNO2. The number of benzene rings is 2. The fourth-order valence-corrected chi connectivity index (χ4v) is 2.03. The number of rotatable bonds is 6. The zero-order valence-corrected chi connectivity index (χ0v) is 12.1. The number of halogens is 1. The molecule has 4 heteroatoms. The molecule has 0 aromatic heterocycles. The van der Waals surface area contributed by atoms with Crippen molar-refractivity contribution in [3.8, 4) is 0 Å². The third-order valence-corrected chi connectivity index (χ3v) is 3.25. The van der Waals surface area contributed by atoms with Crippen LogP contribution in [0.25, 0.3) is 6.08 Å². The van der Waals surface area contributed by atoms with E-state index in [2.05, 4.69) is 5.32 Å². The summed E-state index contributed by atoms with van der Waals surface area (Å²) in [7, 11) is 0. The summed E-state index contributed by atoms with van der Waals surface area (Å²) < 4.78 is 12.8. The Morgan fingerprint density at radius 2 is 1.77 bits per heavy atom. The third kappa shape index (κ3) is 4.82. The van der Waals surface area contributed by atoms with Gasteiger partial charge in [0, 0.05) is 13.0 Å². The largest absolute Gasteiger partial charge is 0.392 e. The molecule has 2 N–H and O–H groups in total. The molecule has 2 aromatic carbocycles. The average molecular weight is 299 g/mol. The summed E-state index contributed by atoms with van der Waals surface area (Å²) in [6, 6.07) is 13.5. The molecule has 0 aliphatic rings. The van der Waals surface area contributed by atoms with E-state index in [0.717, 1.165) is 16.7 Å². The number of amides is 1. The van der Waals surface area contributed by atoms with E-state index in [1.807, 2.05) is 24.3 Å². The van der Waals surface area contributed by atoms with Gasteiger partial charge < -0.3 is 10.4 Å². The minimum Gasteiger partial charge on any atom is -0.392 e. The topological polar surface area (TPSA) is 49.3 Å². The van der Waals surface area contributed by atoms with Crippen LogP contribution in [0.3, 0.4) is 0 Å². The average Bonchev–Trinajstić information content (AvgIpc) is 2.55. The molecule has 0 spiro atoms. The quantitative estimate of drug-likeness (QED) is 0.861. The first-order valence-electron chi connectivity index (χ1n) is 7.05. The Hall–Kier alpha value is -2.46. The summed E-state index contributed by atoms with van der Waals surface area (Å²) in [5.41, 5.74) is 2.56. The molecule has 3 nitrogen and oxygen atoms in total. The Morgan fingerprint density at radius 3 is 2.45 bits per heavy atom. The molecule has 2 aromatic rings. The van der Waals surface area contributed by atoms with Crippen LogP contribution in [0.5, 0.6) is 0 Å². The minimum absolute atomic E-state index is 0.0451. The Kier molecular flexibility index (Phi) is 5.86. The molecule has 0 aliphatic carbocycles. The van der Waals surface area contributed by atoms with Crippen molar-refractivity contribution >= 4 is 12.0 Å². The summed E-state index contributed by atoms with van der Waals surface area (Å²) in [4.78, 5) is 11.8. The first-order chi connectivity index (χ1) is 10.7. The van der Waals surface area contributed by atoms with Gasteiger partial charge in [-0.25, -0.2) is 4.39 Å². The zero-order valence-electron chi connectivity index (χ0n) is 12.1. The van der Waals surface area contributed by atoms with Gasteiger partial charge in [-0.05, 0) is 28.8 Å². The van der Waals surface area contributed by atoms with Crippen LogP contribution in [0, 0.1) is 5.82 Å². The fraction of sp³-hybridized carbons (Fsp3) is 0.167. The van der Waals surface area contributed by atoms with Crippen LogP contribution in [0.4, 0.5) is 4.39 Å². The lowest BCUT2D eigenvalue weighted by Crippen LogP contribution is -2.22. The molecule has 0 saturated carbocycles. The van der Waals surface area contributed by atoms with Crippen molar-refractivity contribution in [2.24, 2.45) is 0 Å². The van der Waals surface area contributed by atoms with E-state index < -0.39 is 0 Å². The summed E-state index contributed by atoms with van der Waals surface area (Å²) >= 11 is 0. The second-order valence-corrected chi connectivity index (χ2v) is 4.86. The summed E-state index contributed by atoms with van der Waals surface area (Å²) in [5, 5.41) is 12.0. The maximum absolute atomic E-state index is 12.8. The molecule has 114 valence electrons. The van der Waals surface area contributed by atoms with Crippen LogP contribution in [0.15, 0.2) is 54.6 Å². The third-order valence-electron chi connectivity index (χ3n) is 3.25. The van der Waals surface area contributed by atoms with Crippen LogP contribution in [0.2, 0.25) is 0 Å². The molecule has 0 fully saturated rings. The number of carbonyl (C=O) groups excluding carboxylic acids is 1. The number of aliphatic hydroxyl groups is 1.